The molecule has 140 valence electrons. The van der Waals surface area contributed by atoms with Crippen molar-refractivity contribution < 1.29 is 22.3 Å². The number of hydrogen-bond acceptors (Lipinski definition) is 4. The fraction of sp³-hybridized carbons (Fsp3) is 0.278. The molecule has 0 bridgehead atoms. The summed E-state index contributed by atoms with van der Waals surface area (Å²) < 4.78 is 45.5. The standard InChI is InChI=1S/C18H21FN2O4S/c1-12(2)17(18(22)20-14-6-4-13(19)5-7-14)21-26(23,24)16-10-8-15(25-3)9-11-16/h4-12,17,21H,1-3H3,(H,20,22)/t17-/m0/s1. The highest BCUT2D eigenvalue weighted by Crippen LogP contribution is 2.17. The molecule has 0 fully saturated rings. The van der Waals surface area contributed by atoms with Crippen LogP contribution in [0.3, 0.4) is 0 Å². The molecule has 0 aromatic heterocycles. The first-order valence-electron chi connectivity index (χ1n) is 7.96. The Hall–Kier alpha value is -2.45. The van der Waals surface area contributed by atoms with E-state index < -0.39 is 27.8 Å². The summed E-state index contributed by atoms with van der Waals surface area (Å²) in [5.74, 6) is -0.728. The Morgan fingerprint density at radius 1 is 1.04 bits per heavy atom. The first-order valence-corrected chi connectivity index (χ1v) is 9.44. The van der Waals surface area contributed by atoms with Crippen LogP contribution in [0.2, 0.25) is 0 Å². The van der Waals surface area contributed by atoms with Crippen molar-refractivity contribution in [2.75, 3.05) is 12.4 Å². The van der Waals surface area contributed by atoms with Crippen molar-refractivity contribution in [3.63, 3.8) is 0 Å². The quantitative estimate of drug-likeness (QED) is 0.774. The molecule has 0 aliphatic carbocycles. The number of halogens is 1. The van der Waals surface area contributed by atoms with Crippen molar-refractivity contribution in [1.82, 2.24) is 4.72 Å². The minimum Gasteiger partial charge on any atom is -0.497 e. The molecule has 2 N–H and O–H groups in total. The van der Waals surface area contributed by atoms with E-state index in [9.17, 15) is 17.6 Å². The van der Waals surface area contributed by atoms with E-state index in [0.717, 1.165) is 0 Å². The zero-order valence-corrected chi connectivity index (χ0v) is 15.5. The number of carbonyl (C=O) groups is 1. The summed E-state index contributed by atoms with van der Waals surface area (Å²) in [6, 6.07) is 10.1. The van der Waals surface area contributed by atoms with Gasteiger partial charge in [0, 0.05) is 5.69 Å². The van der Waals surface area contributed by atoms with Gasteiger partial charge in [-0.1, -0.05) is 13.8 Å². The summed E-state index contributed by atoms with van der Waals surface area (Å²) in [4.78, 5) is 12.5. The zero-order chi connectivity index (χ0) is 19.3. The molecular weight excluding hydrogens is 359 g/mol. The average Bonchev–Trinajstić information content (AvgIpc) is 2.61. The van der Waals surface area contributed by atoms with Crippen molar-refractivity contribution in [1.29, 1.82) is 0 Å². The lowest BCUT2D eigenvalue weighted by molar-refractivity contribution is -0.118. The molecule has 2 rings (SSSR count). The Balaban J connectivity index is 2.17. The van der Waals surface area contributed by atoms with Gasteiger partial charge in [-0.15, -0.1) is 0 Å². The molecule has 0 saturated heterocycles. The molecule has 0 saturated carbocycles. The van der Waals surface area contributed by atoms with Crippen LogP contribution < -0.4 is 14.8 Å². The number of hydrogen-bond donors (Lipinski definition) is 2. The van der Waals surface area contributed by atoms with Gasteiger partial charge in [0.25, 0.3) is 0 Å². The number of amides is 1. The third-order valence-electron chi connectivity index (χ3n) is 3.71. The summed E-state index contributed by atoms with van der Waals surface area (Å²) in [5.41, 5.74) is 0.380. The Kier molecular flexibility index (Phi) is 6.33. The molecule has 26 heavy (non-hydrogen) atoms. The Morgan fingerprint density at radius 3 is 2.12 bits per heavy atom. The fourth-order valence-corrected chi connectivity index (χ4v) is 3.58. The molecule has 2 aromatic rings. The van der Waals surface area contributed by atoms with Crippen molar-refractivity contribution in [2.24, 2.45) is 5.92 Å². The molecule has 2 aromatic carbocycles. The van der Waals surface area contributed by atoms with Gasteiger partial charge in [0.1, 0.15) is 17.6 Å². The number of sulfonamides is 1. The number of ether oxygens (including phenoxy) is 1. The molecule has 1 atom stereocenters. The second kappa shape index (κ2) is 8.29. The zero-order valence-electron chi connectivity index (χ0n) is 14.7. The average molecular weight is 380 g/mol. The Labute approximate surface area is 152 Å². The van der Waals surface area contributed by atoms with E-state index in [1.165, 1.54) is 55.6 Å². The lowest BCUT2D eigenvalue weighted by Gasteiger charge is -2.21. The maximum Gasteiger partial charge on any atom is 0.242 e. The molecule has 0 heterocycles. The smallest absolute Gasteiger partial charge is 0.242 e. The van der Waals surface area contributed by atoms with Crippen molar-refractivity contribution in [3.8, 4) is 5.75 Å². The molecule has 8 heteroatoms. The predicted octanol–water partition coefficient (Wildman–Crippen LogP) is 2.78. The van der Waals surface area contributed by atoms with Gasteiger partial charge in [0.05, 0.1) is 12.0 Å². The summed E-state index contributed by atoms with van der Waals surface area (Å²) >= 11 is 0. The van der Waals surface area contributed by atoms with Gasteiger partial charge in [-0.2, -0.15) is 4.72 Å². The fourth-order valence-electron chi connectivity index (χ4n) is 2.24. The van der Waals surface area contributed by atoms with Gasteiger partial charge >= 0.3 is 0 Å². The molecule has 0 radical (unpaired) electrons. The van der Waals surface area contributed by atoms with Crippen LogP contribution in [0.5, 0.6) is 5.75 Å². The van der Waals surface area contributed by atoms with Gasteiger partial charge in [0.15, 0.2) is 0 Å². The van der Waals surface area contributed by atoms with E-state index in [1.54, 1.807) is 13.8 Å². The van der Waals surface area contributed by atoms with Crippen LogP contribution in [0.15, 0.2) is 53.4 Å². The van der Waals surface area contributed by atoms with Gasteiger partial charge in [-0.25, -0.2) is 12.8 Å². The van der Waals surface area contributed by atoms with Gasteiger partial charge in [-0.3, -0.25) is 4.79 Å². The summed E-state index contributed by atoms with van der Waals surface area (Å²) in [6.07, 6.45) is 0. The van der Waals surface area contributed by atoms with Crippen LogP contribution in [0, 0.1) is 11.7 Å². The maximum absolute atomic E-state index is 13.0. The lowest BCUT2D eigenvalue weighted by atomic mass is 10.0. The van der Waals surface area contributed by atoms with Crippen molar-refractivity contribution in [2.45, 2.75) is 24.8 Å². The first kappa shape index (κ1) is 19.9. The van der Waals surface area contributed by atoms with E-state index in [2.05, 4.69) is 10.0 Å². The van der Waals surface area contributed by atoms with Crippen LogP contribution in [-0.2, 0) is 14.8 Å². The van der Waals surface area contributed by atoms with E-state index in [4.69, 9.17) is 4.74 Å². The van der Waals surface area contributed by atoms with Crippen LogP contribution in [-0.4, -0.2) is 27.5 Å². The first-order chi connectivity index (χ1) is 12.2. The highest BCUT2D eigenvalue weighted by atomic mass is 32.2. The topological polar surface area (TPSA) is 84.5 Å². The third kappa shape index (κ3) is 5.03. The van der Waals surface area contributed by atoms with E-state index in [0.29, 0.717) is 11.4 Å². The van der Waals surface area contributed by atoms with Crippen molar-refractivity contribution >= 4 is 21.6 Å². The van der Waals surface area contributed by atoms with E-state index in [1.807, 2.05) is 0 Å². The minimum atomic E-state index is -3.90. The Morgan fingerprint density at radius 2 is 1.62 bits per heavy atom. The number of benzene rings is 2. The number of nitrogens with one attached hydrogen (secondary N) is 2. The highest BCUT2D eigenvalue weighted by Gasteiger charge is 2.28. The predicted molar refractivity (Wildman–Crippen MR) is 97.0 cm³/mol. The third-order valence-corrected chi connectivity index (χ3v) is 5.17. The van der Waals surface area contributed by atoms with Gasteiger partial charge in [-0.05, 0) is 54.4 Å². The molecule has 1 amide bonds. The summed E-state index contributed by atoms with van der Waals surface area (Å²) in [5, 5.41) is 2.59. The summed E-state index contributed by atoms with van der Waals surface area (Å²) in [6.45, 7) is 3.46. The number of carbonyl (C=O) groups excluding carboxylic acids is 1. The second-order valence-corrected chi connectivity index (χ2v) is 7.73. The second-order valence-electron chi connectivity index (χ2n) is 6.01. The van der Waals surface area contributed by atoms with Crippen LogP contribution in [0.25, 0.3) is 0 Å². The van der Waals surface area contributed by atoms with Gasteiger partial charge < -0.3 is 10.1 Å². The molecule has 0 aliphatic heterocycles. The summed E-state index contributed by atoms with van der Waals surface area (Å²) in [7, 11) is -2.42. The number of anilines is 1. The largest absolute Gasteiger partial charge is 0.497 e. The molecule has 0 aliphatic rings. The van der Waals surface area contributed by atoms with Crippen LogP contribution in [0.4, 0.5) is 10.1 Å². The van der Waals surface area contributed by atoms with E-state index >= 15 is 0 Å². The maximum atomic E-state index is 13.0. The number of rotatable bonds is 7. The molecule has 0 spiro atoms. The van der Waals surface area contributed by atoms with Crippen LogP contribution in [0.1, 0.15) is 13.8 Å². The molecular formula is C18H21FN2O4S. The lowest BCUT2D eigenvalue weighted by Crippen LogP contribution is -2.47. The minimum absolute atomic E-state index is 0.0264. The SMILES string of the molecule is COc1ccc(S(=O)(=O)N[C@H](C(=O)Nc2ccc(F)cc2)C(C)C)cc1. The Bertz CT molecular complexity index is 850. The number of methoxy groups -OCH3 is 1. The van der Waals surface area contributed by atoms with Gasteiger partial charge in [0.2, 0.25) is 15.9 Å². The van der Waals surface area contributed by atoms with Crippen LogP contribution >= 0.6 is 0 Å². The molecule has 0 unspecified atom stereocenters. The normalized spacial score (nSPS) is 12.7. The van der Waals surface area contributed by atoms with E-state index in [-0.39, 0.29) is 10.8 Å². The van der Waals surface area contributed by atoms with Crippen molar-refractivity contribution in [3.05, 3.63) is 54.3 Å². The highest BCUT2D eigenvalue weighted by molar-refractivity contribution is 7.89. The molecule has 6 nitrogen and oxygen atoms in total. The monoisotopic (exact) mass is 380 g/mol.